The van der Waals surface area contributed by atoms with E-state index in [9.17, 15) is 4.79 Å². The lowest BCUT2D eigenvalue weighted by molar-refractivity contribution is 0.408. The van der Waals surface area contributed by atoms with Crippen molar-refractivity contribution >= 4 is 11.6 Å². The summed E-state index contributed by atoms with van der Waals surface area (Å²) in [7, 11) is 1.44. The zero-order valence-electron chi connectivity index (χ0n) is 8.53. The van der Waals surface area contributed by atoms with Crippen LogP contribution in [0, 0.1) is 0 Å². The summed E-state index contributed by atoms with van der Waals surface area (Å²) in [4.78, 5) is 18.0. The van der Waals surface area contributed by atoms with Crippen molar-refractivity contribution in [1.29, 1.82) is 0 Å². The van der Waals surface area contributed by atoms with Crippen molar-refractivity contribution in [3.05, 3.63) is 46.0 Å². The lowest BCUT2D eigenvalue weighted by atomic mass is 10.1. The second-order valence-electron chi connectivity index (χ2n) is 3.12. The van der Waals surface area contributed by atoms with Gasteiger partial charge < -0.3 is 9.72 Å². The van der Waals surface area contributed by atoms with E-state index in [0.717, 1.165) is 5.56 Å². The SMILES string of the molecule is COc1c(-c2ccc(Cl)cc2)nc[nH]c1=O. The second kappa shape index (κ2) is 4.37. The molecule has 82 valence electrons. The Hall–Kier alpha value is -1.81. The van der Waals surface area contributed by atoms with Crippen LogP contribution < -0.4 is 10.3 Å². The van der Waals surface area contributed by atoms with Crippen LogP contribution in [-0.2, 0) is 0 Å². The van der Waals surface area contributed by atoms with Crippen LogP contribution in [0.3, 0.4) is 0 Å². The summed E-state index contributed by atoms with van der Waals surface area (Å²) >= 11 is 5.78. The molecule has 0 saturated heterocycles. The van der Waals surface area contributed by atoms with Crippen LogP contribution in [0.4, 0.5) is 0 Å². The second-order valence-corrected chi connectivity index (χ2v) is 3.56. The van der Waals surface area contributed by atoms with E-state index >= 15 is 0 Å². The molecule has 0 aliphatic heterocycles. The molecule has 0 saturated carbocycles. The van der Waals surface area contributed by atoms with Gasteiger partial charge in [0.15, 0.2) is 0 Å². The van der Waals surface area contributed by atoms with Crippen molar-refractivity contribution < 1.29 is 4.74 Å². The quantitative estimate of drug-likeness (QED) is 0.869. The third-order valence-electron chi connectivity index (χ3n) is 2.13. The van der Waals surface area contributed by atoms with Crippen LogP contribution in [0.1, 0.15) is 0 Å². The molecule has 2 rings (SSSR count). The molecule has 0 aliphatic carbocycles. The lowest BCUT2D eigenvalue weighted by Crippen LogP contribution is -2.11. The Balaban J connectivity index is 2.60. The first-order valence-electron chi connectivity index (χ1n) is 4.60. The molecule has 1 aromatic carbocycles. The van der Waals surface area contributed by atoms with Gasteiger partial charge in [0.25, 0.3) is 5.56 Å². The number of rotatable bonds is 2. The largest absolute Gasteiger partial charge is 0.490 e. The predicted molar refractivity (Wildman–Crippen MR) is 61.9 cm³/mol. The van der Waals surface area contributed by atoms with Crippen molar-refractivity contribution in [1.82, 2.24) is 9.97 Å². The van der Waals surface area contributed by atoms with Crippen LogP contribution >= 0.6 is 11.6 Å². The van der Waals surface area contributed by atoms with Crippen LogP contribution in [0.2, 0.25) is 5.02 Å². The summed E-state index contributed by atoms with van der Waals surface area (Å²) in [6.45, 7) is 0. The Kier molecular flexibility index (Phi) is 2.92. The highest BCUT2D eigenvalue weighted by Gasteiger charge is 2.10. The monoisotopic (exact) mass is 236 g/mol. The van der Waals surface area contributed by atoms with Crippen molar-refractivity contribution in [2.45, 2.75) is 0 Å². The molecule has 1 N–H and O–H groups in total. The van der Waals surface area contributed by atoms with Gasteiger partial charge in [0.2, 0.25) is 5.75 Å². The molecular formula is C11H9ClN2O2. The zero-order valence-corrected chi connectivity index (χ0v) is 9.28. The Morgan fingerprint density at radius 2 is 2.00 bits per heavy atom. The van der Waals surface area contributed by atoms with Crippen molar-refractivity contribution in [3.8, 4) is 17.0 Å². The molecule has 0 atom stereocenters. The molecule has 5 heteroatoms. The van der Waals surface area contributed by atoms with Crippen LogP contribution in [-0.4, -0.2) is 17.1 Å². The van der Waals surface area contributed by atoms with Gasteiger partial charge >= 0.3 is 0 Å². The minimum absolute atomic E-state index is 0.199. The van der Waals surface area contributed by atoms with Gasteiger partial charge in [-0.2, -0.15) is 0 Å². The van der Waals surface area contributed by atoms with E-state index in [0.29, 0.717) is 10.7 Å². The standard InChI is InChI=1S/C11H9ClN2O2/c1-16-10-9(13-6-14-11(10)15)7-2-4-8(12)5-3-7/h2-6H,1H3,(H,13,14,15). The number of halogens is 1. The molecule has 1 aromatic heterocycles. The maximum absolute atomic E-state index is 11.5. The average molecular weight is 237 g/mol. The number of hydrogen-bond donors (Lipinski definition) is 1. The van der Waals surface area contributed by atoms with E-state index < -0.39 is 0 Å². The summed E-state index contributed by atoms with van der Waals surface area (Å²) in [5.74, 6) is 0.199. The summed E-state index contributed by atoms with van der Waals surface area (Å²) in [6.07, 6.45) is 1.34. The summed E-state index contributed by atoms with van der Waals surface area (Å²) in [5.41, 5.74) is 0.984. The summed E-state index contributed by atoms with van der Waals surface area (Å²) in [5, 5.41) is 0.632. The van der Waals surface area contributed by atoms with E-state index in [-0.39, 0.29) is 11.3 Å². The topological polar surface area (TPSA) is 55.0 Å². The van der Waals surface area contributed by atoms with Crippen molar-refractivity contribution in [2.75, 3.05) is 7.11 Å². The number of ether oxygens (including phenoxy) is 1. The number of hydrogen-bond acceptors (Lipinski definition) is 3. The molecule has 0 fully saturated rings. The molecule has 1 heterocycles. The van der Waals surface area contributed by atoms with Gasteiger partial charge in [0, 0.05) is 10.6 Å². The maximum Gasteiger partial charge on any atom is 0.293 e. The number of methoxy groups -OCH3 is 1. The van der Waals surface area contributed by atoms with E-state index in [1.54, 1.807) is 24.3 Å². The van der Waals surface area contributed by atoms with Crippen molar-refractivity contribution in [3.63, 3.8) is 0 Å². The highest BCUT2D eigenvalue weighted by atomic mass is 35.5. The Morgan fingerprint density at radius 1 is 1.31 bits per heavy atom. The Bertz CT molecular complexity index is 549. The number of H-pyrrole nitrogens is 1. The minimum atomic E-state index is -0.303. The van der Waals surface area contributed by atoms with Gasteiger partial charge in [0.05, 0.1) is 13.4 Å². The molecule has 0 spiro atoms. The molecule has 0 unspecified atom stereocenters. The lowest BCUT2D eigenvalue weighted by Gasteiger charge is -2.05. The van der Waals surface area contributed by atoms with Gasteiger partial charge in [-0.25, -0.2) is 4.98 Å². The maximum atomic E-state index is 11.5. The van der Waals surface area contributed by atoms with Crippen molar-refractivity contribution in [2.24, 2.45) is 0 Å². The number of nitrogens with zero attached hydrogens (tertiary/aromatic N) is 1. The number of aromatic nitrogens is 2. The third-order valence-corrected chi connectivity index (χ3v) is 2.38. The molecule has 0 aliphatic rings. The van der Waals surface area contributed by atoms with E-state index in [1.165, 1.54) is 13.4 Å². The highest BCUT2D eigenvalue weighted by Crippen LogP contribution is 2.24. The normalized spacial score (nSPS) is 10.1. The fraction of sp³-hybridized carbons (Fsp3) is 0.0909. The fourth-order valence-corrected chi connectivity index (χ4v) is 1.52. The van der Waals surface area contributed by atoms with Crippen LogP contribution in [0.15, 0.2) is 35.4 Å². The van der Waals surface area contributed by atoms with Gasteiger partial charge in [-0.15, -0.1) is 0 Å². The Morgan fingerprint density at radius 3 is 2.62 bits per heavy atom. The first-order chi connectivity index (χ1) is 7.72. The summed E-state index contributed by atoms with van der Waals surface area (Å²) < 4.78 is 5.02. The Labute approximate surface area is 96.9 Å². The first-order valence-corrected chi connectivity index (χ1v) is 4.98. The average Bonchev–Trinajstić information content (AvgIpc) is 2.30. The van der Waals surface area contributed by atoms with E-state index in [2.05, 4.69) is 9.97 Å². The third kappa shape index (κ3) is 1.92. The number of nitrogens with one attached hydrogen (secondary N) is 1. The molecule has 16 heavy (non-hydrogen) atoms. The van der Waals surface area contributed by atoms with Gasteiger partial charge in [-0.3, -0.25) is 4.79 Å². The molecule has 0 bridgehead atoms. The van der Waals surface area contributed by atoms with E-state index in [1.807, 2.05) is 0 Å². The highest BCUT2D eigenvalue weighted by molar-refractivity contribution is 6.30. The fourth-order valence-electron chi connectivity index (χ4n) is 1.39. The van der Waals surface area contributed by atoms with Gasteiger partial charge in [0.1, 0.15) is 5.69 Å². The smallest absolute Gasteiger partial charge is 0.293 e. The molecule has 0 amide bonds. The molecular weight excluding hydrogens is 228 g/mol. The van der Waals surface area contributed by atoms with E-state index in [4.69, 9.17) is 16.3 Å². The molecule has 4 nitrogen and oxygen atoms in total. The van der Waals surface area contributed by atoms with Gasteiger partial charge in [-0.05, 0) is 12.1 Å². The number of benzene rings is 1. The van der Waals surface area contributed by atoms with Crippen LogP contribution in [0.25, 0.3) is 11.3 Å². The molecule has 0 radical (unpaired) electrons. The zero-order chi connectivity index (χ0) is 11.5. The first kappa shape index (κ1) is 10.7. The minimum Gasteiger partial charge on any atom is -0.490 e. The predicted octanol–water partition coefficient (Wildman–Crippen LogP) is 2.10. The number of aromatic amines is 1. The van der Waals surface area contributed by atoms with Crippen LogP contribution in [0.5, 0.6) is 5.75 Å². The molecule has 2 aromatic rings. The summed E-state index contributed by atoms with van der Waals surface area (Å²) in [6, 6.07) is 7.04. The van der Waals surface area contributed by atoms with Gasteiger partial charge in [-0.1, -0.05) is 23.7 Å².